The molecule has 0 aliphatic carbocycles. The number of aryl methyl sites for hydroxylation is 2. The van der Waals surface area contributed by atoms with Gasteiger partial charge in [0.2, 0.25) is 0 Å². The monoisotopic (exact) mass is 301 g/mol. The highest BCUT2D eigenvalue weighted by molar-refractivity contribution is 5.86. The molecule has 0 saturated carbocycles. The van der Waals surface area contributed by atoms with Crippen molar-refractivity contribution in [2.75, 3.05) is 19.0 Å². The summed E-state index contributed by atoms with van der Waals surface area (Å²) in [6, 6.07) is 7.41. The summed E-state index contributed by atoms with van der Waals surface area (Å²) >= 11 is 0. The number of carboxylic acids is 1. The number of ether oxygens (including phenoxy) is 1. The van der Waals surface area contributed by atoms with Gasteiger partial charge >= 0.3 is 5.97 Å². The summed E-state index contributed by atoms with van der Waals surface area (Å²) in [6.45, 7) is 4.37. The molecule has 0 amide bonds. The first-order valence-electron chi connectivity index (χ1n) is 6.98. The third kappa shape index (κ3) is 3.94. The number of rotatable bonds is 6. The van der Waals surface area contributed by atoms with Gasteiger partial charge in [-0.05, 0) is 31.0 Å². The van der Waals surface area contributed by atoms with Crippen LogP contribution in [0.2, 0.25) is 0 Å². The SMILES string of the molecule is CNc1cc(C(=O)O)nc(CCOc2cc(C)ccc2C)n1. The molecule has 6 heteroatoms. The zero-order valence-corrected chi connectivity index (χ0v) is 12.9. The van der Waals surface area contributed by atoms with Crippen LogP contribution in [0.3, 0.4) is 0 Å². The molecule has 0 radical (unpaired) electrons. The Morgan fingerprint density at radius 2 is 2.05 bits per heavy atom. The van der Waals surface area contributed by atoms with Gasteiger partial charge in [0.05, 0.1) is 6.61 Å². The molecule has 2 rings (SSSR count). The van der Waals surface area contributed by atoms with Crippen LogP contribution in [0.25, 0.3) is 0 Å². The summed E-state index contributed by atoms with van der Waals surface area (Å²) in [5.74, 6) is 0.669. The number of benzene rings is 1. The van der Waals surface area contributed by atoms with Gasteiger partial charge in [-0.25, -0.2) is 14.8 Å². The van der Waals surface area contributed by atoms with Gasteiger partial charge < -0.3 is 15.2 Å². The molecule has 1 aromatic heterocycles. The summed E-state index contributed by atoms with van der Waals surface area (Å²) in [7, 11) is 1.68. The number of aromatic nitrogens is 2. The fourth-order valence-electron chi connectivity index (χ4n) is 1.96. The molecule has 0 fully saturated rings. The summed E-state index contributed by atoms with van der Waals surface area (Å²) in [6.07, 6.45) is 0.434. The predicted molar refractivity (Wildman–Crippen MR) is 83.7 cm³/mol. The Hall–Kier alpha value is -2.63. The molecule has 0 saturated heterocycles. The Kier molecular flexibility index (Phi) is 4.93. The van der Waals surface area contributed by atoms with E-state index < -0.39 is 5.97 Å². The maximum absolute atomic E-state index is 11.0. The highest BCUT2D eigenvalue weighted by Gasteiger charge is 2.10. The molecular weight excluding hydrogens is 282 g/mol. The average molecular weight is 301 g/mol. The van der Waals surface area contributed by atoms with Crippen molar-refractivity contribution < 1.29 is 14.6 Å². The lowest BCUT2D eigenvalue weighted by atomic mass is 10.1. The molecule has 0 atom stereocenters. The Balaban J connectivity index is 2.06. The van der Waals surface area contributed by atoms with E-state index in [1.807, 2.05) is 32.0 Å². The lowest BCUT2D eigenvalue weighted by Gasteiger charge is -2.10. The zero-order valence-electron chi connectivity index (χ0n) is 12.9. The van der Waals surface area contributed by atoms with Crippen molar-refractivity contribution in [3.63, 3.8) is 0 Å². The van der Waals surface area contributed by atoms with E-state index in [0.29, 0.717) is 24.7 Å². The van der Waals surface area contributed by atoms with E-state index in [9.17, 15) is 4.79 Å². The first kappa shape index (κ1) is 15.8. The van der Waals surface area contributed by atoms with Crippen molar-refractivity contribution in [3.05, 3.63) is 46.9 Å². The Morgan fingerprint density at radius 1 is 1.27 bits per heavy atom. The van der Waals surface area contributed by atoms with E-state index in [1.165, 1.54) is 6.07 Å². The van der Waals surface area contributed by atoms with E-state index in [0.717, 1.165) is 16.9 Å². The standard InChI is InChI=1S/C16H19N3O3/c1-10-4-5-11(2)13(8-10)22-7-6-14-18-12(16(20)21)9-15(17-3)19-14/h4-5,8-9H,6-7H2,1-3H3,(H,20,21)(H,17,18,19). The minimum Gasteiger partial charge on any atom is -0.493 e. The largest absolute Gasteiger partial charge is 0.493 e. The van der Waals surface area contributed by atoms with Gasteiger partial charge in [-0.2, -0.15) is 0 Å². The van der Waals surface area contributed by atoms with E-state index in [-0.39, 0.29) is 5.69 Å². The number of nitrogens with zero attached hydrogens (tertiary/aromatic N) is 2. The minimum atomic E-state index is -1.07. The topological polar surface area (TPSA) is 84.3 Å². The Morgan fingerprint density at radius 3 is 2.73 bits per heavy atom. The van der Waals surface area contributed by atoms with Gasteiger partial charge in [-0.15, -0.1) is 0 Å². The third-order valence-corrected chi connectivity index (χ3v) is 3.17. The molecule has 0 aliphatic heterocycles. The highest BCUT2D eigenvalue weighted by atomic mass is 16.5. The molecule has 0 unspecified atom stereocenters. The molecule has 1 aromatic carbocycles. The number of carbonyl (C=O) groups is 1. The van der Waals surface area contributed by atoms with Crippen LogP contribution in [0, 0.1) is 13.8 Å². The molecule has 22 heavy (non-hydrogen) atoms. The molecular formula is C16H19N3O3. The average Bonchev–Trinajstić information content (AvgIpc) is 2.50. The predicted octanol–water partition coefficient (Wildman–Crippen LogP) is 2.45. The van der Waals surface area contributed by atoms with E-state index in [4.69, 9.17) is 9.84 Å². The van der Waals surface area contributed by atoms with Gasteiger partial charge in [-0.3, -0.25) is 0 Å². The molecule has 6 nitrogen and oxygen atoms in total. The summed E-state index contributed by atoms with van der Waals surface area (Å²) in [5.41, 5.74) is 2.16. The summed E-state index contributed by atoms with van der Waals surface area (Å²) in [5, 5.41) is 11.9. The van der Waals surface area contributed by atoms with Crippen LogP contribution in [0.5, 0.6) is 5.75 Å². The second-order valence-corrected chi connectivity index (χ2v) is 4.98. The van der Waals surface area contributed by atoms with Crippen LogP contribution in [-0.4, -0.2) is 34.7 Å². The quantitative estimate of drug-likeness (QED) is 0.852. The van der Waals surface area contributed by atoms with Crippen LogP contribution in [0.4, 0.5) is 5.82 Å². The summed E-state index contributed by atoms with van der Waals surface area (Å²) < 4.78 is 5.75. The van der Waals surface area contributed by atoms with Crippen LogP contribution in [0.1, 0.15) is 27.4 Å². The molecule has 1 heterocycles. The maximum atomic E-state index is 11.0. The van der Waals surface area contributed by atoms with Gasteiger partial charge in [-0.1, -0.05) is 12.1 Å². The van der Waals surface area contributed by atoms with E-state index in [1.54, 1.807) is 7.05 Å². The van der Waals surface area contributed by atoms with Crippen molar-refractivity contribution in [2.24, 2.45) is 0 Å². The highest BCUT2D eigenvalue weighted by Crippen LogP contribution is 2.19. The van der Waals surface area contributed by atoms with Crippen LogP contribution < -0.4 is 10.1 Å². The number of hydrogen-bond acceptors (Lipinski definition) is 5. The Bertz CT molecular complexity index is 686. The first-order valence-corrected chi connectivity index (χ1v) is 6.98. The number of aromatic carboxylic acids is 1. The fourth-order valence-corrected chi connectivity index (χ4v) is 1.96. The van der Waals surface area contributed by atoms with Crippen molar-refractivity contribution in [2.45, 2.75) is 20.3 Å². The van der Waals surface area contributed by atoms with Gasteiger partial charge in [0.25, 0.3) is 0 Å². The van der Waals surface area contributed by atoms with Crippen LogP contribution >= 0.6 is 0 Å². The number of nitrogens with one attached hydrogen (secondary N) is 1. The second-order valence-electron chi connectivity index (χ2n) is 4.98. The van der Waals surface area contributed by atoms with E-state index in [2.05, 4.69) is 15.3 Å². The van der Waals surface area contributed by atoms with Crippen LogP contribution in [0.15, 0.2) is 24.3 Å². The molecule has 0 spiro atoms. The second kappa shape index (κ2) is 6.89. The lowest BCUT2D eigenvalue weighted by molar-refractivity contribution is 0.0690. The van der Waals surface area contributed by atoms with Crippen molar-refractivity contribution in [1.82, 2.24) is 9.97 Å². The third-order valence-electron chi connectivity index (χ3n) is 3.17. The Labute approximate surface area is 129 Å². The number of anilines is 1. The fraction of sp³-hybridized carbons (Fsp3) is 0.312. The van der Waals surface area contributed by atoms with Gasteiger partial charge in [0.1, 0.15) is 17.4 Å². The number of hydrogen-bond donors (Lipinski definition) is 2. The molecule has 2 aromatic rings. The van der Waals surface area contributed by atoms with Gasteiger partial charge in [0, 0.05) is 19.5 Å². The van der Waals surface area contributed by atoms with Crippen molar-refractivity contribution in [3.8, 4) is 5.75 Å². The van der Waals surface area contributed by atoms with Crippen LogP contribution in [-0.2, 0) is 6.42 Å². The molecule has 116 valence electrons. The maximum Gasteiger partial charge on any atom is 0.354 e. The molecule has 0 bridgehead atoms. The normalized spacial score (nSPS) is 10.3. The first-order chi connectivity index (χ1) is 10.5. The molecule has 2 N–H and O–H groups in total. The number of carboxylic acid groups (broad SMARTS) is 1. The lowest BCUT2D eigenvalue weighted by Crippen LogP contribution is -2.11. The smallest absolute Gasteiger partial charge is 0.354 e. The van der Waals surface area contributed by atoms with E-state index >= 15 is 0 Å². The summed E-state index contributed by atoms with van der Waals surface area (Å²) in [4.78, 5) is 19.3. The van der Waals surface area contributed by atoms with Gasteiger partial charge in [0.15, 0.2) is 5.69 Å². The zero-order chi connectivity index (χ0) is 16.1. The minimum absolute atomic E-state index is 0.0268. The van der Waals surface area contributed by atoms with Crippen molar-refractivity contribution >= 4 is 11.8 Å². The van der Waals surface area contributed by atoms with Crippen molar-refractivity contribution in [1.29, 1.82) is 0 Å². The molecule has 0 aliphatic rings.